The number of nitrogen functional groups attached to an aromatic ring is 1. The Bertz CT molecular complexity index is 689. The molecule has 0 saturated carbocycles. The van der Waals surface area contributed by atoms with E-state index in [2.05, 4.69) is 9.97 Å². The van der Waals surface area contributed by atoms with E-state index in [1.165, 1.54) is 23.4 Å². The first-order valence-corrected chi connectivity index (χ1v) is 7.99. The summed E-state index contributed by atoms with van der Waals surface area (Å²) in [6.45, 7) is 2.63. The third-order valence-corrected chi connectivity index (χ3v) is 3.42. The number of aromatic nitrogens is 2. The lowest BCUT2D eigenvalue weighted by molar-refractivity contribution is -0.127. The second-order valence-corrected chi connectivity index (χ2v) is 5.36. The minimum absolute atomic E-state index is 0.114. The molecule has 3 N–H and O–H groups in total. The predicted molar refractivity (Wildman–Crippen MR) is 95.7 cm³/mol. The van der Waals surface area contributed by atoms with Gasteiger partial charge in [0.15, 0.2) is 0 Å². The minimum atomic E-state index is -0.780. The first-order valence-electron chi connectivity index (χ1n) is 7.99. The smallest absolute Gasteiger partial charge is 0.246 e. The first kappa shape index (κ1) is 18.4. The topological polar surface area (TPSA) is 102 Å². The number of rotatable bonds is 8. The molecule has 0 aliphatic rings. The molecule has 7 nitrogen and oxygen atoms in total. The summed E-state index contributed by atoms with van der Waals surface area (Å²) in [5, 5.41) is 10.1. The fourth-order valence-corrected chi connectivity index (χ4v) is 2.10. The zero-order valence-corrected chi connectivity index (χ0v) is 14.1. The van der Waals surface area contributed by atoms with Crippen molar-refractivity contribution in [1.82, 2.24) is 14.9 Å². The van der Waals surface area contributed by atoms with Crippen molar-refractivity contribution in [3.8, 4) is 5.75 Å². The number of nitrogens with zero attached hydrogens (tertiary/aromatic N) is 3. The van der Waals surface area contributed by atoms with Gasteiger partial charge in [-0.1, -0.05) is 18.2 Å². The van der Waals surface area contributed by atoms with Crippen LogP contribution in [0.1, 0.15) is 12.5 Å². The molecular weight excluding hydrogens is 320 g/mol. The van der Waals surface area contributed by atoms with Crippen LogP contribution in [0.4, 0.5) is 5.95 Å². The molecule has 2 aromatic rings. The number of nitrogens with two attached hydrogens (primary N) is 1. The van der Waals surface area contributed by atoms with Gasteiger partial charge < -0.3 is 20.5 Å². The van der Waals surface area contributed by atoms with E-state index >= 15 is 0 Å². The van der Waals surface area contributed by atoms with Crippen LogP contribution in [0.15, 0.2) is 48.8 Å². The predicted octanol–water partition coefficient (Wildman–Crippen LogP) is 1.36. The van der Waals surface area contributed by atoms with E-state index in [0.29, 0.717) is 17.9 Å². The second-order valence-electron chi connectivity index (χ2n) is 5.36. The van der Waals surface area contributed by atoms with Gasteiger partial charge in [0.25, 0.3) is 0 Å². The Morgan fingerprint density at radius 2 is 2.00 bits per heavy atom. The van der Waals surface area contributed by atoms with E-state index in [1.54, 1.807) is 6.08 Å². The monoisotopic (exact) mass is 342 g/mol. The van der Waals surface area contributed by atoms with Gasteiger partial charge in [0, 0.05) is 30.6 Å². The SMILES string of the molecule is CCN(CC(O)COc1ccccc1)C(=O)/C=C/c1cnc(N)nc1. The van der Waals surface area contributed by atoms with E-state index in [0.717, 1.165) is 0 Å². The molecule has 1 aromatic carbocycles. The maximum Gasteiger partial charge on any atom is 0.246 e. The van der Waals surface area contributed by atoms with E-state index in [-0.39, 0.29) is 25.0 Å². The highest BCUT2D eigenvalue weighted by atomic mass is 16.5. The standard InChI is InChI=1S/C18H22N4O3/c1-2-22(12-15(23)13-25-16-6-4-3-5-7-16)17(24)9-8-14-10-20-18(19)21-11-14/h3-11,15,23H,2,12-13H2,1H3,(H2,19,20,21)/b9-8+. The Labute approximate surface area is 146 Å². The number of anilines is 1. The maximum atomic E-state index is 12.2. The Hall–Kier alpha value is -2.93. The molecule has 0 radical (unpaired) electrons. The van der Waals surface area contributed by atoms with Gasteiger partial charge in [0.05, 0.1) is 6.54 Å². The Kier molecular flexibility index (Phi) is 6.91. The third kappa shape index (κ3) is 6.23. The third-order valence-electron chi connectivity index (χ3n) is 3.42. The van der Waals surface area contributed by atoms with Gasteiger partial charge in [-0.05, 0) is 25.1 Å². The molecule has 0 bridgehead atoms. The molecule has 1 amide bonds. The largest absolute Gasteiger partial charge is 0.491 e. The molecule has 132 valence electrons. The lowest BCUT2D eigenvalue weighted by atomic mass is 10.2. The van der Waals surface area contributed by atoms with Crippen molar-refractivity contribution in [1.29, 1.82) is 0 Å². The van der Waals surface area contributed by atoms with Crippen LogP contribution in [-0.2, 0) is 4.79 Å². The molecule has 1 heterocycles. The van der Waals surface area contributed by atoms with Gasteiger partial charge in [0.2, 0.25) is 11.9 Å². The molecular formula is C18H22N4O3. The number of aliphatic hydroxyl groups excluding tert-OH is 1. The number of hydrogen-bond acceptors (Lipinski definition) is 6. The number of hydrogen-bond donors (Lipinski definition) is 2. The van der Waals surface area contributed by atoms with Gasteiger partial charge in [-0.3, -0.25) is 4.79 Å². The zero-order chi connectivity index (χ0) is 18.1. The van der Waals surface area contributed by atoms with Gasteiger partial charge in [-0.15, -0.1) is 0 Å². The van der Waals surface area contributed by atoms with Crippen molar-refractivity contribution in [2.75, 3.05) is 25.4 Å². The molecule has 25 heavy (non-hydrogen) atoms. The van der Waals surface area contributed by atoms with Crippen LogP contribution in [-0.4, -0.2) is 51.7 Å². The molecule has 0 aliphatic carbocycles. The summed E-state index contributed by atoms with van der Waals surface area (Å²) in [4.78, 5) is 21.5. The second kappa shape index (κ2) is 9.39. The van der Waals surface area contributed by atoms with E-state index in [4.69, 9.17) is 10.5 Å². The lowest BCUT2D eigenvalue weighted by Crippen LogP contribution is -2.38. The average Bonchev–Trinajstić information content (AvgIpc) is 2.64. The summed E-state index contributed by atoms with van der Waals surface area (Å²) in [6.07, 6.45) is 5.31. The van der Waals surface area contributed by atoms with Crippen molar-refractivity contribution >= 4 is 17.9 Å². The molecule has 0 fully saturated rings. The molecule has 1 aromatic heterocycles. The average molecular weight is 342 g/mol. The first-order chi connectivity index (χ1) is 12.1. The Morgan fingerprint density at radius 3 is 2.64 bits per heavy atom. The lowest BCUT2D eigenvalue weighted by Gasteiger charge is -2.22. The number of benzene rings is 1. The van der Waals surface area contributed by atoms with E-state index in [9.17, 15) is 9.90 Å². The fourth-order valence-electron chi connectivity index (χ4n) is 2.10. The van der Waals surface area contributed by atoms with Crippen molar-refractivity contribution in [3.05, 3.63) is 54.4 Å². The van der Waals surface area contributed by atoms with Crippen molar-refractivity contribution in [2.45, 2.75) is 13.0 Å². The number of aliphatic hydroxyl groups is 1. The van der Waals surface area contributed by atoms with Gasteiger partial charge in [-0.2, -0.15) is 0 Å². The molecule has 1 unspecified atom stereocenters. The molecule has 0 aliphatic heterocycles. The highest BCUT2D eigenvalue weighted by Gasteiger charge is 2.14. The summed E-state index contributed by atoms with van der Waals surface area (Å²) in [6, 6.07) is 9.23. The van der Waals surface area contributed by atoms with Crippen LogP contribution < -0.4 is 10.5 Å². The summed E-state index contributed by atoms with van der Waals surface area (Å²) in [5.74, 6) is 0.650. The number of amides is 1. The summed E-state index contributed by atoms with van der Waals surface area (Å²) >= 11 is 0. The molecule has 1 atom stereocenters. The van der Waals surface area contributed by atoms with Crippen LogP contribution in [0.25, 0.3) is 6.08 Å². The number of para-hydroxylation sites is 1. The molecule has 0 saturated heterocycles. The Balaban J connectivity index is 1.85. The molecule has 0 spiro atoms. The summed E-state index contributed by atoms with van der Waals surface area (Å²) in [7, 11) is 0. The van der Waals surface area contributed by atoms with Crippen LogP contribution in [0.5, 0.6) is 5.75 Å². The van der Waals surface area contributed by atoms with Crippen LogP contribution in [0.2, 0.25) is 0 Å². The maximum absolute atomic E-state index is 12.2. The van der Waals surface area contributed by atoms with Gasteiger partial charge >= 0.3 is 0 Å². The molecule has 7 heteroatoms. The van der Waals surface area contributed by atoms with Crippen LogP contribution in [0, 0.1) is 0 Å². The number of carbonyl (C=O) groups is 1. The Morgan fingerprint density at radius 1 is 1.32 bits per heavy atom. The van der Waals surface area contributed by atoms with Gasteiger partial charge in [0.1, 0.15) is 18.5 Å². The summed E-state index contributed by atoms with van der Waals surface area (Å²) in [5.41, 5.74) is 6.09. The normalized spacial score (nSPS) is 12.1. The van der Waals surface area contributed by atoms with Crippen LogP contribution >= 0.6 is 0 Å². The van der Waals surface area contributed by atoms with Crippen molar-refractivity contribution < 1.29 is 14.6 Å². The highest BCUT2D eigenvalue weighted by Crippen LogP contribution is 2.09. The quantitative estimate of drug-likeness (QED) is 0.703. The zero-order valence-electron chi connectivity index (χ0n) is 14.1. The van der Waals surface area contributed by atoms with Gasteiger partial charge in [-0.25, -0.2) is 9.97 Å². The van der Waals surface area contributed by atoms with E-state index < -0.39 is 6.10 Å². The fraction of sp³-hybridized carbons (Fsp3) is 0.278. The summed E-state index contributed by atoms with van der Waals surface area (Å²) < 4.78 is 5.50. The van der Waals surface area contributed by atoms with Crippen molar-refractivity contribution in [2.24, 2.45) is 0 Å². The van der Waals surface area contributed by atoms with E-state index in [1.807, 2.05) is 37.3 Å². The van der Waals surface area contributed by atoms with Crippen molar-refractivity contribution in [3.63, 3.8) is 0 Å². The number of ether oxygens (including phenoxy) is 1. The molecule has 2 rings (SSSR count). The number of carbonyl (C=O) groups excluding carboxylic acids is 1. The van der Waals surface area contributed by atoms with Crippen LogP contribution in [0.3, 0.4) is 0 Å². The number of likely N-dealkylation sites (N-methyl/N-ethyl adjacent to an activating group) is 1. The minimum Gasteiger partial charge on any atom is -0.491 e. The highest BCUT2D eigenvalue weighted by molar-refractivity contribution is 5.91.